The van der Waals surface area contributed by atoms with E-state index in [0.29, 0.717) is 16.7 Å². The molecule has 0 aliphatic heterocycles. The molecule has 0 saturated heterocycles. The number of halogens is 1. The lowest BCUT2D eigenvalue weighted by atomic mass is 10.3. The number of anilines is 1. The van der Waals surface area contributed by atoms with Crippen molar-refractivity contribution in [1.29, 1.82) is 0 Å². The van der Waals surface area contributed by atoms with Crippen molar-refractivity contribution in [1.82, 2.24) is 14.8 Å². The minimum absolute atomic E-state index is 0.161. The van der Waals surface area contributed by atoms with Crippen molar-refractivity contribution in [3.05, 3.63) is 36.6 Å². The van der Waals surface area contributed by atoms with E-state index in [1.54, 1.807) is 24.6 Å². The van der Waals surface area contributed by atoms with Gasteiger partial charge in [0.1, 0.15) is 4.47 Å². The third-order valence-corrected chi connectivity index (χ3v) is 4.22. The van der Waals surface area contributed by atoms with Crippen LogP contribution in [0.15, 0.2) is 15.5 Å². The maximum Gasteiger partial charge on any atom is 0.282 e. The van der Waals surface area contributed by atoms with E-state index in [9.17, 15) is 4.79 Å². The van der Waals surface area contributed by atoms with Gasteiger partial charge in [-0.1, -0.05) is 0 Å². The lowest BCUT2D eigenvalue weighted by molar-refractivity contribution is 0.703. The molecule has 1 N–H and O–H groups in total. The van der Waals surface area contributed by atoms with E-state index in [1.165, 1.54) is 9.56 Å². The highest BCUT2D eigenvalue weighted by Crippen LogP contribution is 2.20. The van der Waals surface area contributed by atoms with Gasteiger partial charge in [-0.25, -0.2) is 9.67 Å². The molecule has 5 nitrogen and oxygen atoms in total. The van der Waals surface area contributed by atoms with Gasteiger partial charge in [0, 0.05) is 11.9 Å². The van der Waals surface area contributed by atoms with Gasteiger partial charge in [0.15, 0.2) is 0 Å². The number of rotatable bonds is 3. The molecule has 0 spiro atoms. The first-order valence-electron chi connectivity index (χ1n) is 5.37. The highest BCUT2D eigenvalue weighted by atomic mass is 79.9. The third-order valence-electron chi connectivity index (χ3n) is 2.52. The molecule has 2 rings (SSSR count). The van der Waals surface area contributed by atoms with Crippen molar-refractivity contribution in [2.45, 2.75) is 20.4 Å². The lowest BCUT2D eigenvalue weighted by Gasteiger charge is -2.07. The van der Waals surface area contributed by atoms with Crippen LogP contribution < -0.4 is 10.9 Å². The maximum absolute atomic E-state index is 11.7. The summed E-state index contributed by atoms with van der Waals surface area (Å²) in [4.78, 5) is 17.3. The van der Waals surface area contributed by atoms with Crippen molar-refractivity contribution < 1.29 is 0 Å². The molecule has 2 aromatic heterocycles. The number of nitrogens with one attached hydrogen (secondary N) is 1. The third kappa shape index (κ3) is 2.62. The van der Waals surface area contributed by atoms with Crippen LogP contribution in [0.4, 0.5) is 5.69 Å². The fourth-order valence-corrected chi connectivity index (χ4v) is 2.88. The Morgan fingerprint density at radius 3 is 2.83 bits per heavy atom. The van der Waals surface area contributed by atoms with Crippen LogP contribution in [-0.4, -0.2) is 14.8 Å². The Morgan fingerprint density at radius 1 is 1.50 bits per heavy atom. The Morgan fingerprint density at radius 2 is 2.22 bits per heavy atom. The molecule has 2 heterocycles. The SMILES string of the molecule is Cc1nc(CNc2cnn(C)c(=O)c2Br)c(C)s1. The molecule has 0 amide bonds. The summed E-state index contributed by atoms with van der Waals surface area (Å²) < 4.78 is 1.78. The van der Waals surface area contributed by atoms with Gasteiger partial charge < -0.3 is 5.32 Å². The zero-order chi connectivity index (χ0) is 13.3. The molecule has 0 bridgehead atoms. The minimum Gasteiger partial charge on any atom is -0.377 e. The largest absolute Gasteiger partial charge is 0.377 e. The van der Waals surface area contributed by atoms with Crippen LogP contribution >= 0.6 is 27.3 Å². The average Bonchev–Trinajstić information content (AvgIpc) is 2.64. The first-order chi connectivity index (χ1) is 8.49. The van der Waals surface area contributed by atoms with E-state index in [2.05, 4.69) is 31.3 Å². The smallest absolute Gasteiger partial charge is 0.282 e. The van der Waals surface area contributed by atoms with Crippen molar-refractivity contribution in [2.24, 2.45) is 7.05 Å². The van der Waals surface area contributed by atoms with Crippen LogP contribution in [0.3, 0.4) is 0 Å². The van der Waals surface area contributed by atoms with Gasteiger partial charge >= 0.3 is 0 Å². The fraction of sp³-hybridized carbons (Fsp3) is 0.364. The molecule has 7 heteroatoms. The van der Waals surface area contributed by atoms with E-state index in [4.69, 9.17) is 0 Å². The van der Waals surface area contributed by atoms with E-state index in [-0.39, 0.29) is 5.56 Å². The van der Waals surface area contributed by atoms with Crippen molar-refractivity contribution in [3.8, 4) is 0 Å². The van der Waals surface area contributed by atoms with Crippen molar-refractivity contribution in [3.63, 3.8) is 0 Å². The molecule has 0 saturated carbocycles. The predicted octanol–water partition coefficient (Wildman–Crippen LogP) is 2.23. The molecule has 0 fully saturated rings. The number of nitrogens with zero attached hydrogens (tertiary/aromatic N) is 3. The van der Waals surface area contributed by atoms with Crippen molar-refractivity contribution in [2.75, 3.05) is 5.32 Å². The molecular weight excluding hydrogens is 316 g/mol. The van der Waals surface area contributed by atoms with Gasteiger partial charge in [-0.2, -0.15) is 5.10 Å². The summed E-state index contributed by atoms with van der Waals surface area (Å²) in [5, 5.41) is 8.19. The van der Waals surface area contributed by atoms with Crippen LogP contribution in [0.1, 0.15) is 15.6 Å². The number of hydrogen-bond donors (Lipinski definition) is 1. The van der Waals surface area contributed by atoms with E-state index >= 15 is 0 Å². The monoisotopic (exact) mass is 328 g/mol. The second-order valence-electron chi connectivity index (χ2n) is 3.89. The van der Waals surface area contributed by atoms with Crippen LogP contribution in [0.5, 0.6) is 0 Å². The Labute approximate surface area is 117 Å². The quantitative estimate of drug-likeness (QED) is 0.938. The molecule has 0 aromatic carbocycles. The highest BCUT2D eigenvalue weighted by molar-refractivity contribution is 9.10. The van der Waals surface area contributed by atoms with E-state index in [1.807, 2.05) is 13.8 Å². The molecular formula is C11H13BrN4OS. The second kappa shape index (κ2) is 5.19. The zero-order valence-corrected chi connectivity index (χ0v) is 12.7. The highest BCUT2D eigenvalue weighted by Gasteiger charge is 2.09. The molecule has 2 aromatic rings. The Hall–Kier alpha value is -1.21. The number of hydrogen-bond acceptors (Lipinski definition) is 5. The summed E-state index contributed by atoms with van der Waals surface area (Å²) >= 11 is 4.94. The van der Waals surface area contributed by atoms with Gasteiger partial charge in [-0.15, -0.1) is 11.3 Å². The zero-order valence-electron chi connectivity index (χ0n) is 10.3. The van der Waals surface area contributed by atoms with Gasteiger partial charge in [-0.3, -0.25) is 4.79 Å². The molecule has 0 atom stereocenters. The number of aryl methyl sites for hydroxylation is 3. The van der Waals surface area contributed by atoms with Crippen molar-refractivity contribution >= 4 is 33.0 Å². The van der Waals surface area contributed by atoms with E-state index in [0.717, 1.165) is 10.7 Å². The topological polar surface area (TPSA) is 59.8 Å². The predicted molar refractivity (Wildman–Crippen MR) is 76.1 cm³/mol. The lowest BCUT2D eigenvalue weighted by Crippen LogP contribution is -2.21. The Balaban J connectivity index is 2.19. The molecule has 0 unspecified atom stereocenters. The van der Waals surface area contributed by atoms with Gasteiger partial charge in [0.2, 0.25) is 0 Å². The fourth-order valence-electron chi connectivity index (χ4n) is 1.55. The molecule has 96 valence electrons. The summed E-state index contributed by atoms with van der Waals surface area (Å²) in [5.41, 5.74) is 1.53. The average molecular weight is 329 g/mol. The summed E-state index contributed by atoms with van der Waals surface area (Å²) in [7, 11) is 1.62. The van der Waals surface area contributed by atoms with Gasteiger partial charge in [0.05, 0.1) is 29.1 Å². The number of thiazole rings is 1. The summed E-state index contributed by atoms with van der Waals surface area (Å²) in [6, 6.07) is 0. The minimum atomic E-state index is -0.161. The van der Waals surface area contributed by atoms with Gasteiger partial charge in [0.25, 0.3) is 5.56 Å². The number of aromatic nitrogens is 3. The summed E-state index contributed by atoms with van der Waals surface area (Å²) in [5.74, 6) is 0. The van der Waals surface area contributed by atoms with Gasteiger partial charge in [-0.05, 0) is 29.8 Å². The first-order valence-corrected chi connectivity index (χ1v) is 6.98. The molecule has 18 heavy (non-hydrogen) atoms. The van der Waals surface area contributed by atoms with Crippen LogP contribution in [0, 0.1) is 13.8 Å². The molecule has 0 aliphatic rings. The van der Waals surface area contributed by atoms with Crippen LogP contribution in [0.2, 0.25) is 0 Å². The Bertz CT molecular complexity index is 634. The summed E-state index contributed by atoms with van der Waals surface area (Å²) in [6.45, 7) is 4.61. The first kappa shape index (κ1) is 13.2. The van der Waals surface area contributed by atoms with Crippen LogP contribution in [0.25, 0.3) is 0 Å². The maximum atomic E-state index is 11.7. The molecule has 0 radical (unpaired) electrons. The van der Waals surface area contributed by atoms with E-state index < -0.39 is 0 Å². The standard InChI is InChI=1S/C11H13BrN4OS/c1-6-8(15-7(2)18-6)4-13-9-5-14-16(3)11(17)10(9)12/h5,13H,4H2,1-3H3. The molecule has 0 aliphatic carbocycles. The van der Waals surface area contributed by atoms with Crippen LogP contribution in [-0.2, 0) is 13.6 Å². The normalized spacial score (nSPS) is 10.7. The summed E-state index contributed by atoms with van der Waals surface area (Å²) in [6.07, 6.45) is 1.63. The second-order valence-corrected chi connectivity index (χ2v) is 6.09. The Kier molecular flexibility index (Phi) is 3.82.